The predicted molar refractivity (Wildman–Crippen MR) is 135 cm³/mol. The Balaban J connectivity index is 1.78. The van der Waals surface area contributed by atoms with Crippen molar-refractivity contribution in [1.82, 2.24) is 5.32 Å². The second kappa shape index (κ2) is 11.5. The standard InChI is InChI=1S/C27H40N2O3S/c1-20(2)14-19-26(15-8-4-9-16-26)24(31)28-22-12-6-7-13-23(22)33-25(32)27(29-21(3)30)17-10-5-11-18-27/h6-7,12-13,20H,4-5,8-11,14-19H2,1-3H3,(H,28,31)(H,29,30). The molecule has 0 unspecified atom stereocenters. The molecule has 2 N–H and O–H groups in total. The lowest BCUT2D eigenvalue weighted by atomic mass is 9.69. The van der Waals surface area contributed by atoms with Gasteiger partial charge < -0.3 is 10.6 Å². The molecular weight excluding hydrogens is 432 g/mol. The third-order valence-electron chi connectivity index (χ3n) is 7.34. The highest BCUT2D eigenvalue weighted by Gasteiger charge is 2.42. The maximum atomic E-state index is 13.6. The number of carbonyl (C=O) groups excluding carboxylic acids is 3. The molecule has 3 rings (SSSR count). The van der Waals surface area contributed by atoms with Crippen molar-refractivity contribution < 1.29 is 14.4 Å². The van der Waals surface area contributed by atoms with E-state index in [1.54, 1.807) is 0 Å². The van der Waals surface area contributed by atoms with Crippen LogP contribution < -0.4 is 10.6 Å². The molecule has 2 amide bonds. The summed E-state index contributed by atoms with van der Waals surface area (Å²) in [6, 6.07) is 7.57. The third kappa shape index (κ3) is 6.62. The van der Waals surface area contributed by atoms with Gasteiger partial charge in [0.25, 0.3) is 0 Å². The molecule has 1 aromatic rings. The first-order chi connectivity index (χ1) is 15.8. The smallest absolute Gasteiger partial charge is 0.230 e. The number of carbonyl (C=O) groups is 3. The second-order valence-corrected chi connectivity index (χ2v) is 11.5. The van der Waals surface area contributed by atoms with Crippen molar-refractivity contribution in [3.63, 3.8) is 0 Å². The van der Waals surface area contributed by atoms with Gasteiger partial charge in [0.2, 0.25) is 16.9 Å². The van der Waals surface area contributed by atoms with E-state index in [0.29, 0.717) is 24.4 Å². The minimum absolute atomic E-state index is 0.0358. The van der Waals surface area contributed by atoms with E-state index in [1.807, 2.05) is 24.3 Å². The average molecular weight is 473 g/mol. The van der Waals surface area contributed by atoms with E-state index >= 15 is 0 Å². The molecule has 2 aliphatic carbocycles. The molecule has 0 aliphatic heterocycles. The Labute approximate surface area is 203 Å². The number of para-hydroxylation sites is 1. The molecule has 6 heteroatoms. The molecule has 0 aromatic heterocycles. The Hall–Kier alpha value is -1.82. The van der Waals surface area contributed by atoms with Crippen molar-refractivity contribution in [2.75, 3.05) is 5.32 Å². The summed E-state index contributed by atoms with van der Waals surface area (Å²) in [5.41, 5.74) is -0.428. The normalized spacial score (nSPS) is 19.6. The fourth-order valence-electron chi connectivity index (χ4n) is 5.37. The van der Waals surface area contributed by atoms with Gasteiger partial charge >= 0.3 is 0 Å². The Kier molecular flexibility index (Phi) is 9.02. The van der Waals surface area contributed by atoms with Gasteiger partial charge in [0.05, 0.1) is 5.69 Å². The van der Waals surface area contributed by atoms with Gasteiger partial charge in [-0.15, -0.1) is 0 Å². The zero-order chi connectivity index (χ0) is 23.9. The van der Waals surface area contributed by atoms with E-state index in [4.69, 9.17) is 0 Å². The maximum absolute atomic E-state index is 13.6. The van der Waals surface area contributed by atoms with Gasteiger partial charge in [-0.2, -0.15) is 0 Å². The van der Waals surface area contributed by atoms with E-state index in [9.17, 15) is 14.4 Å². The number of hydrogen-bond acceptors (Lipinski definition) is 4. The van der Waals surface area contributed by atoms with Crippen LogP contribution in [0, 0.1) is 11.3 Å². The monoisotopic (exact) mass is 472 g/mol. The molecule has 0 spiro atoms. The first-order valence-electron chi connectivity index (χ1n) is 12.7. The number of hydrogen-bond donors (Lipinski definition) is 2. The molecule has 0 atom stereocenters. The number of benzene rings is 1. The van der Waals surface area contributed by atoms with Crippen molar-refractivity contribution in [2.24, 2.45) is 11.3 Å². The summed E-state index contributed by atoms with van der Waals surface area (Å²) in [4.78, 5) is 39.7. The van der Waals surface area contributed by atoms with Crippen molar-refractivity contribution in [3.05, 3.63) is 24.3 Å². The quantitative estimate of drug-likeness (QED) is 0.425. The second-order valence-electron chi connectivity index (χ2n) is 10.4. The van der Waals surface area contributed by atoms with Crippen LogP contribution in [0.15, 0.2) is 29.2 Å². The summed E-state index contributed by atoms with van der Waals surface area (Å²) in [5.74, 6) is 0.493. The van der Waals surface area contributed by atoms with Gasteiger partial charge in [-0.1, -0.05) is 64.5 Å². The zero-order valence-electron chi connectivity index (χ0n) is 20.5. The van der Waals surface area contributed by atoms with Crippen molar-refractivity contribution in [3.8, 4) is 0 Å². The van der Waals surface area contributed by atoms with Gasteiger partial charge in [-0.25, -0.2) is 0 Å². The Morgan fingerprint density at radius 3 is 2.15 bits per heavy atom. The van der Waals surface area contributed by atoms with Gasteiger partial charge in [-0.05, 0) is 68.3 Å². The molecule has 0 radical (unpaired) electrons. The maximum Gasteiger partial charge on any atom is 0.230 e. The minimum Gasteiger partial charge on any atom is -0.343 e. The first-order valence-corrected chi connectivity index (χ1v) is 13.5. The van der Waals surface area contributed by atoms with E-state index < -0.39 is 5.54 Å². The van der Waals surface area contributed by atoms with E-state index in [1.165, 1.54) is 13.3 Å². The summed E-state index contributed by atoms with van der Waals surface area (Å²) in [7, 11) is 0. The van der Waals surface area contributed by atoms with Crippen LogP contribution in [0.1, 0.15) is 97.8 Å². The minimum atomic E-state index is -0.812. The van der Waals surface area contributed by atoms with Crippen LogP contribution in [0.25, 0.3) is 0 Å². The van der Waals surface area contributed by atoms with Crippen LogP contribution in [0.3, 0.4) is 0 Å². The molecule has 5 nitrogen and oxygen atoms in total. The highest BCUT2D eigenvalue weighted by atomic mass is 32.2. The Morgan fingerprint density at radius 1 is 0.939 bits per heavy atom. The molecule has 33 heavy (non-hydrogen) atoms. The molecular formula is C27H40N2O3S. The fourth-order valence-corrected chi connectivity index (χ4v) is 6.39. The predicted octanol–water partition coefficient (Wildman–Crippen LogP) is 6.47. The number of nitrogens with one attached hydrogen (secondary N) is 2. The lowest BCUT2D eigenvalue weighted by molar-refractivity contribution is -0.128. The fraction of sp³-hybridized carbons (Fsp3) is 0.667. The Morgan fingerprint density at radius 2 is 1.55 bits per heavy atom. The van der Waals surface area contributed by atoms with E-state index in [2.05, 4.69) is 24.5 Å². The summed E-state index contributed by atoms with van der Waals surface area (Å²) < 4.78 is 0. The molecule has 2 fully saturated rings. The number of thioether (sulfide) groups is 1. The van der Waals surface area contributed by atoms with Gasteiger partial charge in [-0.3, -0.25) is 14.4 Å². The number of rotatable bonds is 8. The highest BCUT2D eigenvalue weighted by molar-refractivity contribution is 8.14. The van der Waals surface area contributed by atoms with Crippen LogP contribution >= 0.6 is 11.8 Å². The molecule has 2 saturated carbocycles. The van der Waals surface area contributed by atoms with Crippen LogP contribution in [0.2, 0.25) is 0 Å². The number of anilines is 1. The summed E-state index contributed by atoms with van der Waals surface area (Å²) in [5, 5.41) is 6.14. The molecule has 2 aliphatic rings. The molecule has 1 aromatic carbocycles. The summed E-state index contributed by atoms with van der Waals surface area (Å²) in [6.07, 6.45) is 11.5. The molecule has 0 saturated heterocycles. The van der Waals surface area contributed by atoms with Crippen molar-refractivity contribution in [1.29, 1.82) is 0 Å². The van der Waals surface area contributed by atoms with Crippen LogP contribution in [-0.2, 0) is 14.4 Å². The Bertz CT molecular complexity index is 840. The van der Waals surface area contributed by atoms with Gasteiger partial charge in [0.15, 0.2) is 0 Å². The first kappa shape index (κ1) is 25.8. The molecule has 182 valence electrons. The van der Waals surface area contributed by atoms with Gasteiger partial charge in [0.1, 0.15) is 5.54 Å². The average Bonchev–Trinajstić information content (AvgIpc) is 2.79. The summed E-state index contributed by atoms with van der Waals surface area (Å²) in [6.45, 7) is 5.90. The molecule has 0 bridgehead atoms. The number of amides is 2. The van der Waals surface area contributed by atoms with Crippen LogP contribution in [0.5, 0.6) is 0 Å². The lowest BCUT2D eigenvalue weighted by Crippen LogP contribution is -2.54. The highest BCUT2D eigenvalue weighted by Crippen LogP contribution is 2.43. The van der Waals surface area contributed by atoms with Crippen LogP contribution in [0.4, 0.5) is 5.69 Å². The topological polar surface area (TPSA) is 75.3 Å². The van der Waals surface area contributed by atoms with E-state index in [0.717, 1.165) is 74.4 Å². The zero-order valence-corrected chi connectivity index (χ0v) is 21.3. The summed E-state index contributed by atoms with van der Waals surface area (Å²) >= 11 is 1.16. The third-order valence-corrected chi connectivity index (χ3v) is 8.50. The largest absolute Gasteiger partial charge is 0.343 e. The SMILES string of the molecule is CC(=O)NC1(C(=O)Sc2ccccc2NC(=O)C2(CCC(C)C)CCCCC2)CCCCC1. The van der Waals surface area contributed by atoms with E-state index in [-0.39, 0.29) is 22.3 Å². The van der Waals surface area contributed by atoms with Crippen molar-refractivity contribution >= 4 is 34.4 Å². The van der Waals surface area contributed by atoms with Crippen molar-refractivity contribution in [2.45, 2.75) is 108 Å². The van der Waals surface area contributed by atoms with Gasteiger partial charge in [0, 0.05) is 17.2 Å². The lowest BCUT2D eigenvalue weighted by Gasteiger charge is -2.37. The van der Waals surface area contributed by atoms with Crippen LogP contribution in [-0.4, -0.2) is 22.5 Å². The molecule has 0 heterocycles.